The number of hydrogen-bond acceptors (Lipinski definition) is 2. The minimum Gasteiger partial charge on any atom is -0.330 e. The molecule has 1 aliphatic carbocycles. The fraction of sp³-hybridized carbons (Fsp3) is 0.533. The van der Waals surface area contributed by atoms with Crippen LogP contribution in [0.5, 0.6) is 0 Å². The lowest BCUT2D eigenvalue weighted by Gasteiger charge is -2.35. The standard InChI is InChI=1S/C15H21IN2O/c16-12-6-2-3-7-13(12)18-14(19)10-15(11-17)8-4-1-5-9-15/h2-3,6-7H,1,4-5,8-11,17H2,(H,18,19). The first-order chi connectivity index (χ1) is 9.15. The molecule has 3 nitrogen and oxygen atoms in total. The topological polar surface area (TPSA) is 55.1 Å². The SMILES string of the molecule is NCC1(CC(=O)Nc2ccccc2I)CCCCC1. The van der Waals surface area contributed by atoms with Crippen LogP contribution in [0.4, 0.5) is 5.69 Å². The zero-order chi connectivity index (χ0) is 13.7. The van der Waals surface area contributed by atoms with Gasteiger partial charge in [0.25, 0.3) is 0 Å². The van der Waals surface area contributed by atoms with Crippen molar-refractivity contribution in [2.24, 2.45) is 11.1 Å². The van der Waals surface area contributed by atoms with Crippen molar-refractivity contribution in [1.82, 2.24) is 0 Å². The maximum Gasteiger partial charge on any atom is 0.225 e. The Morgan fingerprint density at radius 1 is 1.26 bits per heavy atom. The molecule has 3 N–H and O–H groups in total. The number of carbonyl (C=O) groups excluding carboxylic acids is 1. The van der Waals surface area contributed by atoms with E-state index in [1.807, 2.05) is 24.3 Å². The highest BCUT2D eigenvalue weighted by Crippen LogP contribution is 2.38. The molecule has 1 aromatic rings. The van der Waals surface area contributed by atoms with E-state index in [0.29, 0.717) is 13.0 Å². The van der Waals surface area contributed by atoms with E-state index >= 15 is 0 Å². The lowest BCUT2D eigenvalue weighted by molar-refractivity contribution is -0.118. The second-order valence-electron chi connectivity index (χ2n) is 5.47. The number of halogens is 1. The molecule has 1 aromatic carbocycles. The van der Waals surface area contributed by atoms with Gasteiger partial charge in [0.05, 0.1) is 5.69 Å². The second kappa shape index (κ2) is 6.70. The van der Waals surface area contributed by atoms with E-state index in [2.05, 4.69) is 27.9 Å². The van der Waals surface area contributed by atoms with Crippen LogP contribution < -0.4 is 11.1 Å². The average Bonchev–Trinajstić information content (AvgIpc) is 2.42. The Bertz CT molecular complexity index is 442. The Morgan fingerprint density at radius 3 is 2.58 bits per heavy atom. The summed E-state index contributed by atoms with van der Waals surface area (Å²) in [5.74, 6) is 0.0939. The molecular formula is C15H21IN2O. The average molecular weight is 372 g/mol. The lowest BCUT2D eigenvalue weighted by atomic mass is 9.71. The fourth-order valence-electron chi connectivity index (χ4n) is 2.85. The molecule has 1 fully saturated rings. The third-order valence-electron chi connectivity index (χ3n) is 4.03. The first kappa shape index (κ1) is 14.8. The largest absolute Gasteiger partial charge is 0.330 e. The number of anilines is 1. The van der Waals surface area contributed by atoms with E-state index in [1.165, 1.54) is 19.3 Å². The molecule has 1 aliphatic rings. The molecule has 0 atom stereocenters. The number of carbonyl (C=O) groups is 1. The summed E-state index contributed by atoms with van der Waals surface area (Å²) in [6, 6.07) is 7.85. The van der Waals surface area contributed by atoms with E-state index in [4.69, 9.17) is 5.73 Å². The van der Waals surface area contributed by atoms with Gasteiger partial charge in [-0.3, -0.25) is 4.79 Å². The summed E-state index contributed by atoms with van der Waals surface area (Å²) >= 11 is 2.24. The van der Waals surface area contributed by atoms with Gasteiger partial charge in [0, 0.05) is 9.99 Å². The van der Waals surface area contributed by atoms with Gasteiger partial charge in [-0.05, 0) is 59.5 Å². The summed E-state index contributed by atoms with van der Waals surface area (Å²) in [6.45, 7) is 0.617. The molecular weight excluding hydrogens is 351 g/mol. The van der Waals surface area contributed by atoms with Gasteiger partial charge >= 0.3 is 0 Å². The Hall–Kier alpha value is -0.620. The molecule has 19 heavy (non-hydrogen) atoms. The number of benzene rings is 1. The maximum atomic E-state index is 12.2. The highest BCUT2D eigenvalue weighted by Gasteiger charge is 2.32. The summed E-state index contributed by atoms with van der Waals surface area (Å²) < 4.78 is 1.07. The van der Waals surface area contributed by atoms with Crippen LogP contribution in [0.25, 0.3) is 0 Å². The van der Waals surface area contributed by atoms with Crippen LogP contribution >= 0.6 is 22.6 Å². The normalized spacial score (nSPS) is 18.0. The maximum absolute atomic E-state index is 12.2. The van der Waals surface area contributed by atoms with Crippen LogP contribution in [0.15, 0.2) is 24.3 Å². The summed E-state index contributed by atoms with van der Waals surface area (Å²) in [6.07, 6.45) is 6.40. The zero-order valence-electron chi connectivity index (χ0n) is 11.1. The Morgan fingerprint density at radius 2 is 1.95 bits per heavy atom. The summed E-state index contributed by atoms with van der Waals surface area (Å²) in [7, 11) is 0. The van der Waals surface area contributed by atoms with Crippen molar-refractivity contribution in [2.75, 3.05) is 11.9 Å². The van der Waals surface area contributed by atoms with E-state index in [0.717, 1.165) is 22.1 Å². The number of hydrogen-bond donors (Lipinski definition) is 2. The first-order valence-corrected chi connectivity index (χ1v) is 7.98. The number of nitrogens with one attached hydrogen (secondary N) is 1. The van der Waals surface area contributed by atoms with Crippen molar-refractivity contribution < 1.29 is 4.79 Å². The third-order valence-corrected chi connectivity index (χ3v) is 4.97. The van der Waals surface area contributed by atoms with Crippen molar-refractivity contribution in [3.63, 3.8) is 0 Å². The molecule has 4 heteroatoms. The van der Waals surface area contributed by atoms with Crippen molar-refractivity contribution in [3.05, 3.63) is 27.8 Å². The predicted octanol–water partition coefficient (Wildman–Crippen LogP) is 3.53. The minimum atomic E-state index is 0.0303. The second-order valence-corrected chi connectivity index (χ2v) is 6.63. The van der Waals surface area contributed by atoms with Crippen LogP contribution in [0.2, 0.25) is 0 Å². The Labute approximate surface area is 128 Å². The van der Waals surface area contributed by atoms with Gasteiger partial charge in [-0.25, -0.2) is 0 Å². The van der Waals surface area contributed by atoms with Crippen molar-refractivity contribution in [1.29, 1.82) is 0 Å². The zero-order valence-corrected chi connectivity index (χ0v) is 13.3. The molecule has 1 amide bonds. The fourth-order valence-corrected chi connectivity index (χ4v) is 3.37. The van der Waals surface area contributed by atoms with E-state index in [9.17, 15) is 4.79 Å². The number of nitrogens with two attached hydrogens (primary N) is 1. The number of rotatable bonds is 4. The monoisotopic (exact) mass is 372 g/mol. The highest BCUT2D eigenvalue weighted by molar-refractivity contribution is 14.1. The molecule has 0 radical (unpaired) electrons. The minimum absolute atomic E-state index is 0.0303. The van der Waals surface area contributed by atoms with Crippen LogP contribution in [0.1, 0.15) is 38.5 Å². The predicted molar refractivity (Wildman–Crippen MR) is 87.0 cm³/mol. The van der Waals surface area contributed by atoms with Crippen molar-refractivity contribution >= 4 is 34.2 Å². The van der Waals surface area contributed by atoms with E-state index < -0.39 is 0 Å². The molecule has 0 aromatic heterocycles. The highest BCUT2D eigenvalue weighted by atomic mass is 127. The van der Waals surface area contributed by atoms with Crippen molar-refractivity contribution in [2.45, 2.75) is 38.5 Å². The van der Waals surface area contributed by atoms with Crippen molar-refractivity contribution in [3.8, 4) is 0 Å². The van der Waals surface area contributed by atoms with Gasteiger partial charge in [0.15, 0.2) is 0 Å². The van der Waals surface area contributed by atoms with Gasteiger partial charge in [-0.1, -0.05) is 31.4 Å². The van der Waals surface area contributed by atoms with Gasteiger partial charge < -0.3 is 11.1 Å². The molecule has 104 valence electrons. The summed E-state index contributed by atoms with van der Waals surface area (Å²) in [5.41, 5.74) is 6.86. The molecule has 0 aliphatic heterocycles. The third kappa shape index (κ3) is 3.92. The van der Waals surface area contributed by atoms with Crippen LogP contribution in [0, 0.1) is 8.99 Å². The van der Waals surface area contributed by atoms with Gasteiger partial charge in [-0.2, -0.15) is 0 Å². The van der Waals surface area contributed by atoms with Gasteiger partial charge in [0.1, 0.15) is 0 Å². The molecule has 0 spiro atoms. The van der Waals surface area contributed by atoms with E-state index in [1.54, 1.807) is 0 Å². The smallest absolute Gasteiger partial charge is 0.225 e. The summed E-state index contributed by atoms with van der Waals surface area (Å²) in [5, 5.41) is 3.01. The molecule has 1 saturated carbocycles. The molecule has 2 rings (SSSR count). The van der Waals surface area contributed by atoms with Gasteiger partial charge in [-0.15, -0.1) is 0 Å². The first-order valence-electron chi connectivity index (χ1n) is 6.90. The quantitative estimate of drug-likeness (QED) is 0.795. The lowest BCUT2D eigenvalue weighted by Crippen LogP contribution is -2.36. The molecule has 0 unspecified atom stereocenters. The summed E-state index contributed by atoms with van der Waals surface area (Å²) in [4.78, 5) is 12.2. The molecule has 0 saturated heterocycles. The Kier molecular flexibility index (Phi) is 5.21. The Balaban J connectivity index is 1.98. The van der Waals surface area contributed by atoms with Crippen LogP contribution in [-0.2, 0) is 4.79 Å². The number of para-hydroxylation sites is 1. The van der Waals surface area contributed by atoms with Crippen LogP contribution in [-0.4, -0.2) is 12.5 Å². The number of amides is 1. The van der Waals surface area contributed by atoms with Crippen LogP contribution in [0.3, 0.4) is 0 Å². The molecule has 0 bridgehead atoms. The molecule has 0 heterocycles. The van der Waals surface area contributed by atoms with E-state index in [-0.39, 0.29) is 11.3 Å². The van der Waals surface area contributed by atoms with Gasteiger partial charge in [0.2, 0.25) is 5.91 Å².